The largest absolute Gasteiger partial charge is 0.497 e. The summed E-state index contributed by atoms with van der Waals surface area (Å²) in [5, 5.41) is 20.4. The first-order chi connectivity index (χ1) is 12.3. The average molecular weight is 387 g/mol. The third-order valence-corrected chi connectivity index (χ3v) is 6.24. The third kappa shape index (κ3) is 2.90. The summed E-state index contributed by atoms with van der Waals surface area (Å²) in [6.07, 6.45) is -0.962. The molecule has 12 heteroatoms. The number of fused-ring (bicyclic) bond motifs is 2. The van der Waals surface area contributed by atoms with Crippen molar-refractivity contribution in [2.45, 2.75) is 17.2 Å². The number of aliphatic hydroxyl groups excluding tert-OH is 1. The summed E-state index contributed by atoms with van der Waals surface area (Å²) in [6, 6.07) is 2.27. The summed E-state index contributed by atoms with van der Waals surface area (Å²) in [4.78, 5) is 23.8. The van der Waals surface area contributed by atoms with Gasteiger partial charge in [-0.1, -0.05) is 0 Å². The van der Waals surface area contributed by atoms with Crippen LogP contribution in [-0.2, 0) is 19.6 Å². The van der Waals surface area contributed by atoms with Gasteiger partial charge in [0.05, 0.1) is 37.9 Å². The van der Waals surface area contributed by atoms with Crippen LogP contribution >= 0.6 is 0 Å². The van der Waals surface area contributed by atoms with Crippen LogP contribution in [0.4, 0.5) is 5.69 Å². The Morgan fingerprint density at radius 1 is 1.46 bits per heavy atom. The van der Waals surface area contributed by atoms with Gasteiger partial charge in [0.2, 0.25) is 5.91 Å². The van der Waals surface area contributed by atoms with Gasteiger partial charge in [-0.05, 0) is 12.1 Å². The predicted molar refractivity (Wildman–Crippen MR) is 85.9 cm³/mol. The maximum absolute atomic E-state index is 13.1. The van der Waals surface area contributed by atoms with Gasteiger partial charge in [-0.15, -0.1) is 0 Å². The molecule has 1 N–H and O–H groups in total. The summed E-state index contributed by atoms with van der Waals surface area (Å²) in [5.41, 5.74) is -0.644. The lowest BCUT2D eigenvalue weighted by Gasteiger charge is -2.37. The number of ether oxygens (including phenoxy) is 2. The standard InChI is InChI=1S/C14H17N3O8S/c1-24-9-2-3-12(10(6-9)17(20)21)26(22,23)16-11-8-25-13(16)7-15(4-5-18)14(11)19/h2-3,6,11,13,18H,4-5,7-8H2,1H3/t11-,13-/m0/s1. The normalized spacial score (nSPS) is 23.3. The second-order valence-electron chi connectivity index (χ2n) is 5.74. The Hall–Kier alpha value is -2.28. The fourth-order valence-corrected chi connectivity index (χ4v) is 4.88. The molecule has 2 heterocycles. The summed E-state index contributed by atoms with van der Waals surface area (Å²) in [5.74, 6) is -0.369. The highest BCUT2D eigenvalue weighted by Crippen LogP contribution is 2.36. The van der Waals surface area contributed by atoms with Gasteiger partial charge in [0.15, 0.2) is 4.90 Å². The molecular formula is C14H17N3O8S. The van der Waals surface area contributed by atoms with Crippen LogP contribution in [0.1, 0.15) is 0 Å². The molecule has 1 aromatic carbocycles. The first kappa shape index (κ1) is 18.5. The first-order valence-corrected chi connectivity index (χ1v) is 9.12. The Kier molecular flexibility index (Phi) is 4.84. The van der Waals surface area contributed by atoms with E-state index < -0.39 is 43.7 Å². The van der Waals surface area contributed by atoms with Gasteiger partial charge in [0, 0.05) is 6.54 Å². The Bertz CT molecular complexity index is 843. The molecule has 0 unspecified atom stereocenters. The highest BCUT2D eigenvalue weighted by Gasteiger charge is 2.53. The van der Waals surface area contributed by atoms with E-state index in [2.05, 4.69) is 0 Å². The number of amides is 1. The lowest BCUT2D eigenvalue weighted by molar-refractivity contribution is -0.388. The number of sulfonamides is 1. The lowest BCUT2D eigenvalue weighted by Crippen LogP contribution is -2.59. The smallest absolute Gasteiger partial charge is 0.293 e. The van der Waals surface area contributed by atoms with E-state index in [0.717, 1.165) is 16.4 Å². The minimum absolute atomic E-state index is 0.0565. The number of aliphatic hydroxyl groups is 1. The third-order valence-electron chi connectivity index (χ3n) is 4.30. The van der Waals surface area contributed by atoms with Crippen LogP contribution in [0.2, 0.25) is 0 Å². The molecule has 0 aliphatic carbocycles. The van der Waals surface area contributed by atoms with E-state index >= 15 is 0 Å². The number of hydrogen-bond acceptors (Lipinski definition) is 8. The Labute approximate surface area is 148 Å². The minimum atomic E-state index is -4.37. The van der Waals surface area contributed by atoms with Crippen molar-refractivity contribution in [2.75, 3.05) is 33.4 Å². The highest BCUT2D eigenvalue weighted by atomic mass is 32.2. The number of carbonyl (C=O) groups is 1. The monoisotopic (exact) mass is 387 g/mol. The lowest BCUT2D eigenvalue weighted by atomic mass is 10.2. The molecule has 2 bridgehead atoms. The van der Waals surface area contributed by atoms with Gasteiger partial charge in [-0.25, -0.2) is 8.42 Å². The zero-order valence-corrected chi connectivity index (χ0v) is 14.6. The molecule has 1 amide bonds. The Morgan fingerprint density at radius 3 is 2.81 bits per heavy atom. The van der Waals surface area contributed by atoms with E-state index in [4.69, 9.17) is 14.6 Å². The summed E-state index contributed by atoms with van der Waals surface area (Å²) in [7, 11) is -3.06. The van der Waals surface area contributed by atoms with E-state index in [1.807, 2.05) is 0 Å². The van der Waals surface area contributed by atoms with E-state index in [-0.39, 0.29) is 32.1 Å². The summed E-state index contributed by atoms with van der Waals surface area (Å²) in [6.45, 7) is -0.401. The van der Waals surface area contributed by atoms with Crippen molar-refractivity contribution in [3.05, 3.63) is 28.3 Å². The number of benzene rings is 1. The number of carbonyl (C=O) groups excluding carboxylic acids is 1. The fraction of sp³-hybridized carbons (Fsp3) is 0.500. The first-order valence-electron chi connectivity index (χ1n) is 7.68. The number of nitro benzene ring substituents is 1. The van der Waals surface area contributed by atoms with E-state index in [1.165, 1.54) is 18.1 Å². The van der Waals surface area contributed by atoms with Crippen molar-refractivity contribution in [1.82, 2.24) is 9.21 Å². The predicted octanol–water partition coefficient (Wildman–Crippen LogP) is -0.846. The van der Waals surface area contributed by atoms with Gasteiger partial charge >= 0.3 is 0 Å². The molecule has 0 spiro atoms. The Balaban J connectivity index is 2.02. The molecule has 0 saturated carbocycles. The SMILES string of the molecule is COc1ccc(S(=O)(=O)N2[C@@H]3CN(CCO)C(=O)[C@@H]2CO3)c([N+](=O)[O-])c1. The quantitative estimate of drug-likeness (QED) is 0.492. The topological polar surface area (TPSA) is 140 Å². The number of piperazine rings is 1. The van der Waals surface area contributed by atoms with Gasteiger partial charge in [0.25, 0.3) is 15.7 Å². The van der Waals surface area contributed by atoms with Crippen molar-refractivity contribution in [1.29, 1.82) is 0 Å². The van der Waals surface area contributed by atoms with Crippen LogP contribution in [0.3, 0.4) is 0 Å². The van der Waals surface area contributed by atoms with Crippen LogP contribution in [0.15, 0.2) is 23.1 Å². The average Bonchev–Trinajstić information content (AvgIpc) is 2.97. The second-order valence-corrected chi connectivity index (χ2v) is 7.55. The number of rotatable bonds is 6. The van der Waals surface area contributed by atoms with Crippen molar-refractivity contribution in [2.24, 2.45) is 0 Å². The molecule has 2 saturated heterocycles. The molecule has 3 rings (SSSR count). The molecule has 2 aliphatic heterocycles. The van der Waals surface area contributed by atoms with Crippen LogP contribution in [0, 0.1) is 10.1 Å². The van der Waals surface area contributed by atoms with Gasteiger partial charge in [0.1, 0.15) is 18.0 Å². The van der Waals surface area contributed by atoms with Gasteiger partial charge < -0.3 is 19.5 Å². The zero-order valence-electron chi connectivity index (χ0n) is 13.8. The minimum Gasteiger partial charge on any atom is -0.497 e. The maximum Gasteiger partial charge on any atom is 0.293 e. The van der Waals surface area contributed by atoms with Crippen LogP contribution in [-0.4, -0.2) is 79.2 Å². The van der Waals surface area contributed by atoms with Crippen LogP contribution in [0.25, 0.3) is 0 Å². The molecule has 142 valence electrons. The zero-order chi connectivity index (χ0) is 19.1. The van der Waals surface area contributed by atoms with Gasteiger partial charge in [-0.2, -0.15) is 4.31 Å². The number of nitro groups is 1. The number of β-amino-alcohol motifs (C(OH)–C–C–N with tert-alkyl or cyclic N) is 1. The molecule has 2 fully saturated rings. The van der Waals surface area contributed by atoms with Crippen molar-refractivity contribution in [3.8, 4) is 5.75 Å². The van der Waals surface area contributed by atoms with E-state index in [0.29, 0.717) is 0 Å². The fourth-order valence-electron chi connectivity index (χ4n) is 3.10. The summed E-state index contributed by atoms with van der Waals surface area (Å²) >= 11 is 0. The van der Waals surface area contributed by atoms with Crippen molar-refractivity contribution < 1.29 is 32.7 Å². The van der Waals surface area contributed by atoms with Gasteiger partial charge in [-0.3, -0.25) is 14.9 Å². The van der Waals surface area contributed by atoms with Crippen LogP contribution in [0.5, 0.6) is 5.75 Å². The molecule has 2 aliphatic rings. The van der Waals surface area contributed by atoms with Crippen molar-refractivity contribution >= 4 is 21.6 Å². The number of methoxy groups -OCH3 is 1. The molecule has 0 aromatic heterocycles. The summed E-state index contributed by atoms with van der Waals surface area (Å²) < 4.78 is 37.3. The molecule has 0 radical (unpaired) electrons. The molecule has 26 heavy (non-hydrogen) atoms. The molecule has 11 nitrogen and oxygen atoms in total. The van der Waals surface area contributed by atoms with E-state index in [9.17, 15) is 23.3 Å². The molecular weight excluding hydrogens is 370 g/mol. The number of nitrogens with zero attached hydrogens (tertiary/aromatic N) is 3. The highest BCUT2D eigenvalue weighted by molar-refractivity contribution is 7.89. The second kappa shape index (κ2) is 6.79. The maximum atomic E-state index is 13.1. The molecule has 1 aromatic rings. The number of hydrogen-bond donors (Lipinski definition) is 1. The molecule has 2 atom stereocenters. The Morgan fingerprint density at radius 2 is 2.19 bits per heavy atom. The van der Waals surface area contributed by atoms with E-state index in [1.54, 1.807) is 0 Å². The van der Waals surface area contributed by atoms with Crippen LogP contribution < -0.4 is 4.74 Å². The van der Waals surface area contributed by atoms with Crippen molar-refractivity contribution in [3.63, 3.8) is 0 Å².